The van der Waals surface area contributed by atoms with Gasteiger partial charge in [0.2, 0.25) is 0 Å². The second-order valence-corrected chi connectivity index (χ2v) is 3.97. The Morgan fingerprint density at radius 1 is 0.706 bits per heavy atom. The highest BCUT2D eigenvalue weighted by molar-refractivity contribution is 4.98. The highest BCUT2D eigenvalue weighted by Crippen LogP contribution is 1.97. The molecule has 0 aromatic carbocycles. The van der Waals surface area contributed by atoms with Crippen LogP contribution in [-0.4, -0.2) is 6.54 Å². The number of hydrogen-bond acceptors (Lipinski definition) is 1. The molecule has 0 fully saturated rings. The molecule has 0 saturated heterocycles. The predicted octanol–water partition coefficient (Wildman–Crippen LogP) is 4.53. The largest absolute Gasteiger partial charge is 0.330 e. The summed E-state index contributed by atoms with van der Waals surface area (Å²) < 4.78 is 0. The first kappa shape index (κ1) is 15.9. The standard InChI is InChI=1S/C16H27N/c1-2-3-4-5-6-7-8-9-10-11-12-13-14-15-16-17/h2-3,5-6,8-9,11-12H,4,7,10,13-17H2,1H3/b3-2-,6-5-,9-8-,12-11-. The maximum absolute atomic E-state index is 5.42. The molecule has 0 radical (unpaired) electrons. The zero-order valence-corrected chi connectivity index (χ0v) is 11.1. The van der Waals surface area contributed by atoms with Gasteiger partial charge in [-0.3, -0.25) is 0 Å². The van der Waals surface area contributed by atoms with Gasteiger partial charge in [-0.05, 0) is 52.0 Å². The van der Waals surface area contributed by atoms with Crippen molar-refractivity contribution in [3.8, 4) is 0 Å². The van der Waals surface area contributed by atoms with Crippen molar-refractivity contribution in [3.05, 3.63) is 48.6 Å². The Bertz CT molecular complexity index is 246. The third kappa shape index (κ3) is 14.9. The summed E-state index contributed by atoms with van der Waals surface area (Å²) in [5, 5.41) is 0. The van der Waals surface area contributed by atoms with E-state index in [0.717, 1.165) is 38.6 Å². The topological polar surface area (TPSA) is 26.0 Å². The Morgan fingerprint density at radius 3 is 1.76 bits per heavy atom. The third-order valence-corrected chi connectivity index (χ3v) is 2.38. The van der Waals surface area contributed by atoms with Crippen LogP contribution in [0.25, 0.3) is 0 Å². The van der Waals surface area contributed by atoms with Gasteiger partial charge in [0, 0.05) is 0 Å². The van der Waals surface area contributed by atoms with Crippen LogP contribution in [0.15, 0.2) is 48.6 Å². The van der Waals surface area contributed by atoms with Crippen LogP contribution in [0, 0.1) is 0 Å². The molecule has 2 N–H and O–H groups in total. The zero-order valence-electron chi connectivity index (χ0n) is 11.1. The fourth-order valence-electron chi connectivity index (χ4n) is 1.38. The molecule has 0 amide bonds. The van der Waals surface area contributed by atoms with Crippen molar-refractivity contribution in [2.45, 2.75) is 45.4 Å². The molecular formula is C16H27N. The Kier molecular flexibility index (Phi) is 14.0. The fraction of sp³-hybridized carbons (Fsp3) is 0.500. The van der Waals surface area contributed by atoms with E-state index in [1.54, 1.807) is 0 Å². The van der Waals surface area contributed by atoms with Gasteiger partial charge in [0.25, 0.3) is 0 Å². The summed E-state index contributed by atoms with van der Waals surface area (Å²) in [6.07, 6.45) is 24.2. The van der Waals surface area contributed by atoms with Crippen molar-refractivity contribution < 1.29 is 0 Å². The van der Waals surface area contributed by atoms with Gasteiger partial charge in [0.05, 0.1) is 0 Å². The normalized spacial score (nSPS) is 12.8. The predicted molar refractivity (Wildman–Crippen MR) is 79.0 cm³/mol. The summed E-state index contributed by atoms with van der Waals surface area (Å²) in [6.45, 7) is 2.86. The second-order valence-electron chi connectivity index (χ2n) is 3.97. The number of unbranched alkanes of at least 4 members (excludes halogenated alkanes) is 2. The van der Waals surface area contributed by atoms with Gasteiger partial charge in [-0.25, -0.2) is 0 Å². The average Bonchev–Trinajstić information content (AvgIpc) is 2.35. The Labute approximate surface area is 107 Å². The summed E-state index contributed by atoms with van der Waals surface area (Å²) >= 11 is 0. The van der Waals surface area contributed by atoms with E-state index in [1.165, 1.54) is 6.42 Å². The number of nitrogens with two attached hydrogens (primary N) is 1. The molecule has 1 nitrogen and oxygen atoms in total. The lowest BCUT2D eigenvalue weighted by Crippen LogP contribution is -1.96. The molecule has 0 spiro atoms. The summed E-state index contributed by atoms with van der Waals surface area (Å²) in [5.74, 6) is 0. The smallest absolute Gasteiger partial charge is 0.00772 e. The minimum absolute atomic E-state index is 0.813. The van der Waals surface area contributed by atoms with Gasteiger partial charge in [0.1, 0.15) is 0 Å². The van der Waals surface area contributed by atoms with Crippen molar-refractivity contribution in [2.75, 3.05) is 6.54 Å². The lowest BCUT2D eigenvalue weighted by Gasteiger charge is -1.90. The highest BCUT2D eigenvalue weighted by Gasteiger charge is 1.80. The Morgan fingerprint density at radius 2 is 1.24 bits per heavy atom. The first-order valence-electron chi connectivity index (χ1n) is 6.68. The van der Waals surface area contributed by atoms with E-state index in [1.807, 2.05) is 6.92 Å². The molecule has 0 aromatic heterocycles. The van der Waals surface area contributed by atoms with Gasteiger partial charge in [-0.2, -0.15) is 0 Å². The van der Waals surface area contributed by atoms with Crippen LogP contribution in [0.3, 0.4) is 0 Å². The van der Waals surface area contributed by atoms with E-state index in [0.29, 0.717) is 0 Å². The summed E-state index contributed by atoms with van der Waals surface area (Å²) in [6, 6.07) is 0. The molecule has 0 saturated carbocycles. The van der Waals surface area contributed by atoms with Crippen molar-refractivity contribution in [2.24, 2.45) is 5.73 Å². The molecule has 0 unspecified atom stereocenters. The molecular weight excluding hydrogens is 206 g/mol. The molecule has 1 heteroatoms. The highest BCUT2D eigenvalue weighted by atomic mass is 14.5. The van der Waals surface area contributed by atoms with Gasteiger partial charge in [0.15, 0.2) is 0 Å². The molecule has 0 aromatic rings. The number of rotatable bonds is 10. The van der Waals surface area contributed by atoms with Crippen molar-refractivity contribution in [1.29, 1.82) is 0 Å². The lowest BCUT2D eigenvalue weighted by atomic mass is 10.2. The van der Waals surface area contributed by atoms with Crippen molar-refractivity contribution >= 4 is 0 Å². The fourth-order valence-corrected chi connectivity index (χ4v) is 1.38. The van der Waals surface area contributed by atoms with Gasteiger partial charge < -0.3 is 5.73 Å². The van der Waals surface area contributed by atoms with Gasteiger partial charge in [-0.1, -0.05) is 48.6 Å². The third-order valence-electron chi connectivity index (χ3n) is 2.38. The van der Waals surface area contributed by atoms with Crippen molar-refractivity contribution in [3.63, 3.8) is 0 Å². The molecule has 0 aliphatic rings. The van der Waals surface area contributed by atoms with Crippen LogP contribution in [0.2, 0.25) is 0 Å². The lowest BCUT2D eigenvalue weighted by molar-refractivity contribution is 0.757. The molecule has 0 heterocycles. The minimum atomic E-state index is 0.813. The summed E-state index contributed by atoms with van der Waals surface area (Å²) in [7, 11) is 0. The number of hydrogen-bond donors (Lipinski definition) is 1. The van der Waals surface area contributed by atoms with Crippen molar-refractivity contribution in [1.82, 2.24) is 0 Å². The van der Waals surface area contributed by atoms with E-state index in [2.05, 4.69) is 48.6 Å². The van der Waals surface area contributed by atoms with Crippen LogP contribution in [-0.2, 0) is 0 Å². The van der Waals surface area contributed by atoms with E-state index < -0.39 is 0 Å². The average molecular weight is 233 g/mol. The van der Waals surface area contributed by atoms with E-state index >= 15 is 0 Å². The SMILES string of the molecule is C/C=C\C/C=C\C/C=C\C/C=C\CCCCN. The summed E-state index contributed by atoms with van der Waals surface area (Å²) in [4.78, 5) is 0. The van der Waals surface area contributed by atoms with E-state index in [4.69, 9.17) is 5.73 Å². The quantitative estimate of drug-likeness (QED) is 0.435. The number of allylic oxidation sites excluding steroid dienone is 8. The molecule has 0 aliphatic heterocycles. The van der Waals surface area contributed by atoms with Crippen LogP contribution < -0.4 is 5.73 Å². The Hall–Kier alpha value is -1.08. The monoisotopic (exact) mass is 233 g/mol. The molecule has 0 rings (SSSR count). The molecule has 17 heavy (non-hydrogen) atoms. The second kappa shape index (κ2) is 14.9. The first-order chi connectivity index (χ1) is 8.41. The molecule has 96 valence electrons. The van der Waals surface area contributed by atoms with Crippen LogP contribution in [0.1, 0.15) is 45.4 Å². The van der Waals surface area contributed by atoms with Crippen LogP contribution >= 0.6 is 0 Å². The summed E-state index contributed by atoms with van der Waals surface area (Å²) in [5.41, 5.74) is 5.42. The van der Waals surface area contributed by atoms with E-state index in [-0.39, 0.29) is 0 Å². The molecule has 0 bridgehead atoms. The minimum Gasteiger partial charge on any atom is -0.330 e. The molecule has 0 aliphatic carbocycles. The van der Waals surface area contributed by atoms with Crippen LogP contribution in [0.4, 0.5) is 0 Å². The molecule has 0 atom stereocenters. The first-order valence-corrected chi connectivity index (χ1v) is 6.68. The van der Waals surface area contributed by atoms with Crippen LogP contribution in [0.5, 0.6) is 0 Å². The zero-order chi connectivity index (χ0) is 12.6. The van der Waals surface area contributed by atoms with E-state index in [9.17, 15) is 0 Å². The van der Waals surface area contributed by atoms with Gasteiger partial charge in [-0.15, -0.1) is 0 Å². The Balaban J connectivity index is 3.32. The maximum atomic E-state index is 5.42. The van der Waals surface area contributed by atoms with Gasteiger partial charge >= 0.3 is 0 Å². The maximum Gasteiger partial charge on any atom is -0.00772 e.